The highest BCUT2D eigenvalue weighted by Crippen LogP contribution is 2.30. The van der Waals surface area contributed by atoms with Gasteiger partial charge in [0.2, 0.25) is 0 Å². The van der Waals surface area contributed by atoms with E-state index >= 15 is 0 Å². The maximum Gasteiger partial charge on any atom is 0.337 e. The van der Waals surface area contributed by atoms with Crippen molar-refractivity contribution in [2.24, 2.45) is 0 Å². The van der Waals surface area contributed by atoms with Gasteiger partial charge in [0.1, 0.15) is 4.60 Å². The van der Waals surface area contributed by atoms with Gasteiger partial charge in [-0.2, -0.15) is 5.10 Å². The average Bonchev–Trinajstić information content (AvgIpc) is 2.59. The monoisotopic (exact) mass is 332 g/mol. The van der Waals surface area contributed by atoms with Crippen LogP contribution < -0.4 is 0 Å². The molecule has 6 heteroatoms. The minimum atomic E-state index is -0.378. The number of ether oxygens (including phenoxy) is 1. The number of esters is 1. The van der Waals surface area contributed by atoms with E-state index in [2.05, 4.69) is 46.8 Å². The number of rotatable bonds is 1. The molecule has 2 aromatic rings. The van der Waals surface area contributed by atoms with Crippen molar-refractivity contribution in [3.8, 4) is 0 Å². The van der Waals surface area contributed by atoms with Crippen molar-refractivity contribution in [2.75, 3.05) is 7.11 Å². The molecule has 15 heavy (non-hydrogen) atoms. The normalized spacial score (nSPS) is 10.6. The topological polar surface area (TPSA) is 55.0 Å². The molecule has 0 radical (unpaired) electrons. The molecule has 0 aliphatic carbocycles. The molecule has 1 aromatic carbocycles. The summed E-state index contributed by atoms with van der Waals surface area (Å²) in [5.41, 5.74) is 1.17. The molecule has 0 atom stereocenters. The van der Waals surface area contributed by atoms with Crippen LogP contribution in [0.15, 0.2) is 21.2 Å². The molecule has 0 aliphatic heterocycles. The van der Waals surface area contributed by atoms with Crippen molar-refractivity contribution in [1.29, 1.82) is 0 Å². The van der Waals surface area contributed by atoms with Crippen LogP contribution in [0.1, 0.15) is 10.4 Å². The molecule has 0 unspecified atom stereocenters. The van der Waals surface area contributed by atoms with Crippen molar-refractivity contribution in [2.45, 2.75) is 0 Å². The number of carbonyl (C=O) groups excluding carboxylic acids is 1. The summed E-state index contributed by atoms with van der Waals surface area (Å²) >= 11 is 6.71. The molecule has 2 rings (SSSR count). The van der Waals surface area contributed by atoms with Gasteiger partial charge in [-0.3, -0.25) is 5.10 Å². The lowest BCUT2D eigenvalue weighted by atomic mass is 10.2. The number of hydrogen-bond donors (Lipinski definition) is 1. The van der Waals surface area contributed by atoms with E-state index in [4.69, 9.17) is 0 Å². The van der Waals surface area contributed by atoms with Gasteiger partial charge in [0, 0.05) is 9.86 Å². The number of methoxy groups -OCH3 is 1. The molecule has 0 saturated carbocycles. The summed E-state index contributed by atoms with van der Waals surface area (Å²) in [4.78, 5) is 11.3. The van der Waals surface area contributed by atoms with Crippen LogP contribution >= 0.6 is 31.9 Å². The first kappa shape index (κ1) is 10.6. The number of carbonyl (C=O) groups is 1. The Kier molecular flexibility index (Phi) is 2.79. The second-order valence-electron chi connectivity index (χ2n) is 2.88. The zero-order valence-corrected chi connectivity index (χ0v) is 10.8. The summed E-state index contributed by atoms with van der Waals surface area (Å²) in [5, 5.41) is 7.74. The Hall–Kier alpha value is -0.880. The number of aromatic nitrogens is 2. The van der Waals surface area contributed by atoms with Crippen molar-refractivity contribution in [1.82, 2.24) is 10.2 Å². The second kappa shape index (κ2) is 3.94. The molecule has 1 N–H and O–H groups in total. The predicted molar refractivity (Wildman–Crippen MR) is 62.8 cm³/mol. The fraction of sp³-hybridized carbons (Fsp3) is 0.111. The Bertz CT molecular complexity index is 536. The van der Waals surface area contributed by atoms with Crippen LogP contribution in [0, 0.1) is 0 Å². The predicted octanol–water partition coefficient (Wildman–Crippen LogP) is 2.87. The van der Waals surface area contributed by atoms with Gasteiger partial charge in [-0.1, -0.05) is 0 Å². The molecular weight excluding hydrogens is 328 g/mol. The SMILES string of the molecule is COC(=O)c1cc(Br)c2c(Br)[nH]nc2c1. The Labute approximate surface area is 102 Å². The van der Waals surface area contributed by atoms with E-state index in [1.165, 1.54) is 7.11 Å². The van der Waals surface area contributed by atoms with E-state index in [1.54, 1.807) is 12.1 Å². The maximum atomic E-state index is 11.3. The Morgan fingerprint density at radius 1 is 1.47 bits per heavy atom. The molecule has 0 saturated heterocycles. The molecule has 78 valence electrons. The quantitative estimate of drug-likeness (QED) is 0.816. The number of hydrogen-bond acceptors (Lipinski definition) is 3. The summed E-state index contributed by atoms with van der Waals surface area (Å²) in [5.74, 6) is -0.378. The zero-order chi connectivity index (χ0) is 11.0. The summed E-state index contributed by atoms with van der Waals surface area (Å²) < 4.78 is 6.21. The van der Waals surface area contributed by atoms with Gasteiger partial charge in [0.15, 0.2) is 0 Å². The van der Waals surface area contributed by atoms with Gasteiger partial charge in [0.25, 0.3) is 0 Å². The summed E-state index contributed by atoms with van der Waals surface area (Å²) in [6, 6.07) is 3.38. The molecule has 0 aliphatic rings. The number of aromatic amines is 1. The average molecular weight is 334 g/mol. The largest absolute Gasteiger partial charge is 0.465 e. The molecule has 0 spiro atoms. The number of halogens is 2. The van der Waals surface area contributed by atoms with Crippen molar-refractivity contribution < 1.29 is 9.53 Å². The van der Waals surface area contributed by atoms with Crippen LogP contribution in [0.3, 0.4) is 0 Å². The molecule has 4 nitrogen and oxygen atoms in total. The number of H-pyrrole nitrogens is 1. The minimum Gasteiger partial charge on any atom is -0.465 e. The van der Waals surface area contributed by atoms with Crippen molar-refractivity contribution >= 4 is 48.7 Å². The second-order valence-corrected chi connectivity index (χ2v) is 4.53. The summed E-state index contributed by atoms with van der Waals surface area (Å²) in [7, 11) is 1.35. The summed E-state index contributed by atoms with van der Waals surface area (Å²) in [6.45, 7) is 0. The van der Waals surface area contributed by atoms with Gasteiger partial charge >= 0.3 is 5.97 Å². The Balaban J connectivity index is 2.68. The van der Waals surface area contributed by atoms with Crippen LogP contribution in [0.5, 0.6) is 0 Å². The van der Waals surface area contributed by atoms with Crippen molar-refractivity contribution in [3.63, 3.8) is 0 Å². The third kappa shape index (κ3) is 1.79. The fourth-order valence-corrected chi connectivity index (χ4v) is 2.72. The fourth-order valence-electron chi connectivity index (χ4n) is 1.30. The van der Waals surface area contributed by atoms with E-state index in [0.29, 0.717) is 11.1 Å². The van der Waals surface area contributed by atoms with Crippen LogP contribution in [-0.4, -0.2) is 23.3 Å². The number of fused-ring (bicyclic) bond motifs is 1. The van der Waals surface area contributed by atoms with E-state index in [0.717, 1.165) is 14.5 Å². The van der Waals surface area contributed by atoms with Gasteiger partial charge in [0.05, 0.1) is 18.2 Å². The lowest BCUT2D eigenvalue weighted by Gasteiger charge is -2.00. The molecule has 0 fully saturated rings. The minimum absolute atomic E-state index is 0.378. The molecule has 0 amide bonds. The highest BCUT2D eigenvalue weighted by molar-refractivity contribution is 9.11. The number of benzene rings is 1. The highest BCUT2D eigenvalue weighted by Gasteiger charge is 2.12. The molecule has 1 aromatic heterocycles. The molecule has 0 bridgehead atoms. The first-order valence-corrected chi connectivity index (χ1v) is 5.63. The van der Waals surface area contributed by atoms with Gasteiger partial charge in [-0.05, 0) is 44.0 Å². The van der Waals surface area contributed by atoms with E-state index < -0.39 is 0 Å². The summed E-state index contributed by atoms with van der Waals surface area (Å²) in [6.07, 6.45) is 0. The third-order valence-corrected chi connectivity index (χ3v) is 3.18. The van der Waals surface area contributed by atoms with Crippen LogP contribution in [0.2, 0.25) is 0 Å². The lowest BCUT2D eigenvalue weighted by Crippen LogP contribution is -2.00. The van der Waals surface area contributed by atoms with E-state index in [9.17, 15) is 4.79 Å². The molecule has 1 heterocycles. The van der Waals surface area contributed by atoms with Crippen LogP contribution in [-0.2, 0) is 4.74 Å². The molecular formula is C9H6Br2N2O2. The van der Waals surface area contributed by atoms with E-state index in [1.807, 2.05) is 0 Å². The maximum absolute atomic E-state index is 11.3. The van der Waals surface area contributed by atoms with Gasteiger partial charge in [-0.15, -0.1) is 0 Å². The van der Waals surface area contributed by atoms with Crippen LogP contribution in [0.25, 0.3) is 10.9 Å². The Morgan fingerprint density at radius 2 is 2.20 bits per heavy atom. The number of nitrogens with one attached hydrogen (secondary N) is 1. The van der Waals surface area contributed by atoms with Crippen molar-refractivity contribution in [3.05, 3.63) is 26.8 Å². The van der Waals surface area contributed by atoms with E-state index in [-0.39, 0.29) is 5.97 Å². The Morgan fingerprint density at radius 3 is 2.87 bits per heavy atom. The van der Waals surface area contributed by atoms with Gasteiger partial charge in [-0.25, -0.2) is 4.79 Å². The lowest BCUT2D eigenvalue weighted by molar-refractivity contribution is 0.0601. The standard InChI is InChI=1S/C9H6Br2N2O2/c1-15-9(14)4-2-5(10)7-6(3-4)12-13-8(7)11/h2-3H,1H3,(H,12,13). The smallest absolute Gasteiger partial charge is 0.337 e. The van der Waals surface area contributed by atoms with Crippen LogP contribution in [0.4, 0.5) is 0 Å². The highest BCUT2D eigenvalue weighted by atomic mass is 79.9. The first-order chi connectivity index (χ1) is 7.13. The first-order valence-electron chi connectivity index (χ1n) is 4.05. The zero-order valence-electron chi connectivity index (χ0n) is 7.67. The number of nitrogens with zero attached hydrogens (tertiary/aromatic N) is 1. The van der Waals surface area contributed by atoms with Gasteiger partial charge < -0.3 is 4.74 Å². The third-order valence-electron chi connectivity index (χ3n) is 1.98.